The molecule has 2 aromatic rings. The number of halogens is 1. The molecule has 2 fully saturated rings. The Bertz CT molecular complexity index is 725. The molecular formula is C20H26FN3O. The van der Waals surface area contributed by atoms with E-state index in [9.17, 15) is 4.39 Å². The van der Waals surface area contributed by atoms with Crippen molar-refractivity contribution in [1.82, 2.24) is 14.7 Å². The summed E-state index contributed by atoms with van der Waals surface area (Å²) >= 11 is 0. The van der Waals surface area contributed by atoms with Gasteiger partial charge in [-0.2, -0.15) is 5.10 Å². The van der Waals surface area contributed by atoms with Crippen LogP contribution in [0.3, 0.4) is 0 Å². The summed E-state index contributed by atoms with van der Waals surface area (Å²) in [6.07, 6.45) is 6.95. The highest BCUT2D eigenvalue weighted by atomic mass is 19.1. The number of hydrogen-bond acceptors (Lipinski definition) is 3. The Morgan fingerprint density at radius 3 is 2.88 bits per heavy atom. The minimum absolute atomic E-state index is 0.278. The summed E-state index contributed by atoms with van der Waals surface area (Å²) in [5, 5.41) is 4.47. The first-order chi connectivity index (χ1) is 12.2. The molecule has 0 amide bonds. The molecule has 2 aliphatic rings. The lowest BCUT2D eigenvalue weighted by molar-refractivity contribution is 0.123. The number of hydrogen-bond donors (Lipinski definition) is 0. The number of aromatic nitrogens is 2. The van der Waals surface area contributed by atoms with Crippen molar-refractivity contribution in [2.24, 2.45) is 13.0 Å². The van der Waals surface area contributed by atoms with Crippen molar-refractivity contribution >= 4 is 0 Å². The van der Waals surface area contributed by atoms with E-state index in [2.05, 4.69) is 21.7 Å². The first-order valence-electron chi connectivity index (χ1n) is 9.31. The Morgan fingerprint density at radius 1 is 1.24 bits per heavy atom. The molecule has 134 valence electrons. The van der Waals surface area contributed by atoms with E-state index >= 15 is 0 Å². The number of benzene rings is 1. The molecule has 1 aliphatic carbocycles. The zero-order chi connectivity index (χ0) is 17.2. The van der Waals surface area contributed by atoms with Gasteiger partial charge in [-0.05, 0) is 44.4 Å². The van der Waals surface area contributed by atoms with Gasteiger partial charge in [0.25, 0.3) is 0 Å². The largest absolute Gasteiger partial charge is 0.490 e. The van der Waals surface area contributed by atoms with Crippen LogP contribution < -0.4 is 4.74 Å². The topological polar surface area (TPSA) is 30.3 Å². The van der Waals surface area contributed by atoms with Crippen LogP contribution >= 0.6 is 0 Å². The molecule has 1 saturated carbocycles. The zero-order valence-electron chi connectivity index (χ0n) is 14.8. The maximum atomic E-state index is 13.7. The molecule has 0 bridgehead atoms. The van der Waals surface area contributed by atoms with Crippen molar-refractivity contribution in [3.05, 3.63) is 47.5 Å². The number of ether oxygens (including phenoxy) is 1. The van der Waals surface area contributed by atoms with E-state index in [1.54, 1.807) is 12.1 Å². The van der Waals surface area contributed by atoms with Gasteiger partial charge in [-0.3, -0.25) is 9.58 Å². The van der Waals surface area contributed by atoms with Gasteiger partial charge in [-0.15, -0.1) is 0 Å². The van der Waals surface area contributed by atoms with Gasteiger partial charge in [-0.25, -0.2) is 4.39 Å². The number of likely N-dealkylation sites (tertiary alicyclic amines) is 1. The average Bonchev–Trinajstić information content (AvgIpc) is 3.38. The van der Waals surface area contributed by atoms with Crippen molar-refractivity contribution in [3.8, 4) is 5.75 Å². The second kappa shape index (κ2) is 7.16. The van der Waals surface area contributed by atoms with Crippen LogP contribution in [0.15, 0.2) is 30.5 Å². The summed E-state index contributed by atoms with van der Waals surface area (Å²) in [6, 6.07) is 6.65. The highest BCUT2D eigenvalue weighted by Crippen LogP contribution is 2.41. The van der Waals surface area contributed by atoms with Crippen LogP contribution in [-0.4, -0.2) is 34.4 Å². The minimum atomic E-state index is -0.278. The SMILES string of the molecule is Cn1ncc(CN2CCC[C@@H](COc3ccccc3F)C2)c1C1CC1. The zero-order valence-corrected chi connectivity index (χ0v) is 14.8. The van der Waals surface area contributed by atoms with Crippen LogP contribution in [0.25, 0.3) is 0 Å². The summed E-state index contributed by atoms with van der Waals surface area (Å²) in [6.45, 7) is 3.68. The maximum Gasteiger partial charge on any atom is 0.165 e. The summed E-state index contributed by atoms with van der Waals surface area (Å²) in [4.78, 5) is 2.50. The average molecular weight is 343 g/mol. The fourth-order valence-electron chi connectivity index (χ4n) is 3.94. The maximum absolute atomic E-state index is 13.7. The molecule has 5 heteroatoms. The highest BCUT2D eigenvalue weighted by molar-refractivity contribution is 5.26. The molecule has 0 unspecified atom stereocenters. The first kappa shape index (κ1) is 16.6. The molecule has 1 aromatic carbocycles. The van der Waals surface area contributed by atoms with Gasteiger partial charge in [-0.1, -0.05) is 12.1 Å². The van der Waals surface area contributed by atoms with Crippen LogP contribution in [0.2, 0.25) is 0 Å². The van der Waals surface area contributed by atoms with Crippen molar-refractivity contribution in [2.45, 2.75) is 38.1 Å². The van der Waals surface area contributed by atoms with E-state index in [1.807, 2.05) is 12.3 Å². The number of para-hydroxylation sites is 1. The van der Waals surface area contributed by atoms with Crippen LogP contribution in [0.4, 0.5) is 4.39 Å². The van der Waals surface area contributed by atoms with Crippen molar-refractivity contribution in [3.63, 3.8) is 0 Å². The molecule has 25 heavy (non-hydrogen) atoms. The third kappa shape index (κ3) is 3.87. The van der Waals surface area contributed by atoms with E-state index in [0.717, 1.165) is 26.1 Å². The summed E-state index contributed by atoms with van der Waals surface area (Å²) in [7, 11) is 2.05. The van der Waals surface area contributed by atoms with Gasteiger partial charge >= 0.3 is 0 Å². The monoisotopic (exact) mass is 343 g/mol. The molecule has 1 aromatic heterocycles. The predicted octanol–water partition coefficient (Wildman–Crippen LogP) is 3.73. The Balaban J connectivity index is 1.34. The van der Waals surface area contributed by atoms with Gasteiger partial charge in [0.15, 0.2) is 11.6 Å². The fourth-order valence-corrected chi connectivity index (χ4v) is 3.94. The molecule has 0 radical (unpaired) electrons. The smallest absolute Gasteiger partial charge is 0.165 e. The quantitative estimate of drug-likeness (QED) is 0.801. The van der Waals surface area contributed by atoms with Crippen LogP contribution in [-0.2, 0) is 13.6 Å². The molecule has 1 aliphatic heterocycles. The summed E-state index contributed by atoms with van der Waals surface area (Å²) in [5.41, 5.74) is 2.80. The minimum Gasteiger partial charge on any atom is -0.490 e. The third-order valence-electron chi connectivity index (χ3n) is 5.34. The van der Waals surface area contributed by atoms with E-state index in [-0.39, 0.29) is 5.82 Å². The normalized spacial score (nSPS) is 21.4. The second-order valence-electron chi connectivity index (χ2n) is 7.44. The Kier molecular flexibility index (Phi) is 4.75. The van der Waals surface area contributed by atoms with Gasteiger partial charge in [0.05, 0.1) is 12.8 Å². The van der Waals surface area contributed by atoms with E-state index < -0.39 is 0 Å². The number of nitrogens with zero attached hydrogens (tertiary/aromatic N) is 3. The van der Waals surface area contributed by atoms with Gasteiger partial charge < -0.3 is 4.74 Å². The fraction of sp³-hybridized carbons (Fsp3) is 0.550. The van der Waals surface area contributed by atoms with E-state index in [1.165, 1.54) is 36.6 Å². The molecule has 2 heterocycles. The van der Waals surface area contributed by atoms with Gasteiger partial charge in [0, 0.05) is 43.2 Å². The molecule has 4 nitrogen and oxygen atoms in total. The number of rotatable bonds is 6. The molecular weight excluding hydrogens is 317 g/mol. The lowest BCUT2D eigenvalue weighted by Gasteiger charge is -2.32. The lowest BCUT2D eigenvalue weighted by Crippen LogP contribution is -2.37. The Morgan fingerprint density at radius 2 is 2.08 bits per heavy atom. The molecule has 1 saturated heterocycles. The number of aryl methyl sites for hydroxylation is 1. The lowest BCUT2D eigenvalue weighted by atomic mass is 9.98. The van der Waals surface area contributed by atoms with E-state index in [4.69, 9.17) is 4.74 Å². The van der Waals surface area contributed by atoms with E-state index in [0.29, 0.717) is 24.2 Å². The predicted molar refractivity (Wildman–Crippen MR) is 95.1 cm³/mol. The van der Waals surface area contributed by atoms with Gasteiger partial charge in [0.1, 0.15) is 0 Å². The van der Waals surface area contributed by atoms with Crippen molar-refractivity contribution in [2.75, 3.05) is 19.7 Å². The summed E-state index contributed by atoms with van der Waals surface area (Å²) in [5.74, 6) is 1.25. The third-order valence-corrected chi connectivity index (χ3v) is 5.34. The number of piperidine rings is 1. The van der Waals surface area contributed by atoms with Crippen molar-refractivity contribution < 1.29 is 9.13 Å². The molecule has 0 N–H and O–H groups in total. The van der Waals surface area contributed by atoms with Gasteiger partial charge in [0.2, 0.25) is 0 Å². The standard InChI is InChI=1S/C20H26FN3O/c1-23-20(16-8-9-16)17(11-22-23)13-24-10-4-5-15(12-24)14-25-19-7-3-2-6-18(19)21/h2-3,6-7,11,15-16H,4-5,8-10,12-14H2,1H3/t15-/m1/s1. The van der Waals surface area contributed by atoms with Crippen LogP contribution in [0, 0.1) is 11.7 Å². The Labute approximate surface area is 148 Å². The second-order valence-corrected chi connectivity index (χ2v) is 7.44. The summed E-state index contributed by atoms with van der Waals surface area (Å²) < 4.78 is 21.5. The molecule has 0 spiro atoms. The Hall–Kier alpha value is -1.88. The molecule has 4 rings (SSSR count). The first-order valence-corrected chi connectivity index (χ1v) is 9.31. The highest BCUT2D eigenvalue weighted by Gasteiger charge is 2.30. The van der Waals surface area contributed by atoms with Crippen LogP contribution in [0.1, 0.15) is 42.9 Å². The van der Waals surface area contributed by atoms with Crippen molar-refractivity contribution in [1.29, 1.82) is 0 Å². The molecule has 1 atom stereocenters. The van der Waals surface area contributed by atoms with Crippen LogP contribution in [0.5, 0.6) is 5.75 Å².